The van der Waals surface area contributed by atoms with Gasteiger partial charge in [-0.05, 0) is 24.6 Å². The Hall–Kier alpha value is -2.95. The van der Waals surface area contributed by atoms with Crippen molar-refractivity contribution in [2.24, 2.45) is 0 Å². The number of benzene rings is 2. The van der Waals surface area contributed by atoms with Gasteiger partial charge in [-0.3, -0.25) is 9.69 Å². The molecule has 0 aliphatic carbocycles. The molecule has 5 heteroatoms. The smallest absolute Gasteiger partial charge is 0.232 e. The molecule has 25 heavy (non-hydrogen) atoms. The highest BCUT2D eigenvalue weighted by atomic mass is 16.2. The standard InChI is InChI=1S/C20H20N4O/c1-14-7-9-15(10-8-14)13-18(25)24-12-11-23(2)19-20(24)22-17-6-4-3-5-16(17)21-19/h3-10H,11-13H2,1-2H3. The molecule has 1 aliphatic heterocycles. The maximum absolute atomic E-state index is 12.9. The van der Waals surface area contributed by atoms with Crippen molar-refractivity contribution >= 4 is 28.6 Å². The molecule has 0 radical (unpaired) electrons. The second kappa shape index (κ2) is 6.16. The first kappa shape index (κ1) is 15.6. The van der Waals surface area contributed by atoms with Gasteiger partial charge in [0.1, 0.15) is 0 Å². The van der Waals surface area contributed by atoms with Crippen molar-refractivity contribution < 1.29 is 4.79 Å². The van der Waals surface area contributed by atoms with Gasteiger partial charge < -0.3 is 4.90 Å². The molecule has 126 valence electrons. The number of anilines is 2. The number of aromatic nitrogens is 2. The van der Waals surface area contributed by atoms with Crippen LogP contribution in [0.25, 0.3) is 11.0 Å². The first-order chi connectivity index (χ1) is 12.1. The van der Waals surface area contributed by atoms with Crippen LogP contribution in [0.15, 0.2) is 48.5 Å². The summed E-state index contributed by atoms with van der Waals surface area (Å²) in [6.07, 6.45) is 0.373. The molecule has 0 atom stereocenters. The topological polar surface area (TPSA) is 49.3 Å². The maximum atomic E-state index is 12.9. The molecule has 0 N–H and O–H groups in total. The highest BCUT2D eigenvalue weighted by Gasteiger charge is 2.28. The van der Waals surface area contributed by atoms with Crippen LogP contribution < -0.4 is 9.80 Å². The van der Waals surface area contributed by atoms with Crippen molar-refractivity contribution in [2.75, 3.05) is 29.9 Å². The normalized spacial score (nSPS) is 13.8. The van der Waals surface area contributed by atoms with Crippen LogP contribution in [0.1, 0.15) is 11.1 Å². The van der Waals surface area contributed by atoms with Crippen LogP contribution in [0, 0.1) is 6.92 Å². The van der Waals surface area contributed by atoms with Crippen LogP contribution >= 0.6 is 0 Å². The summed E-state index contributed by atoms with van der Waals surface area (Å²) in [6, 6.07) is 15.9. The van der Waals surface area contributed by atoms with Crippen LogP contribution in [-0.4, -0.2) is 36.0 Å². The molecular weight excluding hydrogens is 312 g/mol. The first-order valence-corrected chi connectivity index (χ1v) is 8.45. The molecule has 0 spiro atoms. The van der Waals surface area contributed by atoms with E-state index in [2.05, 4.69) is 4.90 Å². The summed E-state index contributed by atoms with van der Waals surface area (Å²) < 4.78 is 0. The Morgan fingerprint density at radius 3 is 2.28 bits per heavy atom. The molecule has 3 aromatic rings. The predicted octanol–water partition coefficient (Wildman–Crippen LogP) is 2.96. The molecule has 0 saturated heterocycles. The third kappa shape index (κ3) is 2.93. The van der Waals surface area contributed by atoms with E-state index in [-0.39, 0.29) is 5.91 Å². The Labute approximate surface area is 146 Å². The largest absolute Gasteiger partial charge is 0.355 e. The average Bonchev–Trinajstić information content (AvgIpc) is 2.62. The SMILES string of the molecule is Cc1ccc(CC(=O)N2CCN(C)c3nc4ccccc4nc32)cc1. The number of para-hydroxylation sites is 2. The van der Waals surface area contributed by atoms with Gasteiger partial charge in [-0.2, -0.15) is 0 Å². The van der Waals surface area contributed by atoms with E-state index in [9.17, 15) is 4.79 Å². The van der Waals surface area contributed by atoms with Crippen LogP contribution in [-0.2, 0) is 11.2 Å². The summed E-state index contributed by atoms with van der Waals surface area (Å²) in [5.41, 5.74) is 3.87. The number of hydrogen-bond acceptors (Lipinski definition) is 4. The van der Waals surface area contributed by atoms with E-state index < -0.39 is 0 Å². The molecule has 0 saturated carbocycles. The van der Waals surface area contributed by atoms with Crippen molar-refractivity contribution in [1.82, 2.24) is 9.97 Å². The minimum Gasteiger partial charge on any atom is -0.355 e. The molecule has 1 amide bonds. The minimum absolute atomic E-state index is 0.0581. The van der Waals surface area contributed by atoms with Crippen molar-refractivity contribution in [2.45, 2.75) is 13.3 Å². The maximum Gasteiger partial charge on any atom is 0.232 e. The fourth-order valence-corrected chi connectivity index (χ4v) is 3.10. The van der Waals surface area contributed by atoms with Gasteiger partial charge in [0.25, 0.3) is 0 Å². The number of carbonyl (C=O) groups excluding carboxylic acids is 1. The lowest BCUT2D eigenvalue weighted by atomic mass is 10.1. The molecule has 1 aliphatic rings. The quantitative estimate of drug-likeness (QED) is 0.724. The summed E-state index contributed by atoms with van der Waals surface area (Å²) in [4.78, 5) is 26.2. The summed E-state index contributed by atoms with van der Waals surface area (Å²) in [5, 5.41) is 0. The van der Waals surface area contributed by atoms with Gasteiger partial charge in [0.2, 0.25) is 5.91 Å². The number of amides is 1. The second-order valence-corrected chi connectivity index (χ2v) is 6.49. The van der Waals surface area contributed by atoms with Gasteiger partial charge in [0.05, 0.1) is 17.5 Å². The van der Waals surface area contributed by atoms with Crippen LogP contribution in [0.3, 0.4) is 0 Å². The second-order valence-electron chi connectivity index (χ2n) is 6.49. The minimum atomic E-state index is 0.0581. The fraction of sp³-hybridized carbons (Fsp3) is 0.250. The Bertz CT molecular complexity index is 936. The Kier molecular flexibility index (Phi) is 3.84. The zero-order chi connectivity index (χ0) is 17.4. The van der Waals surface area contributed by atoms with E-state index in [1.165, 1.54) is 5.56 Å². The number of likely N-dealkylation sites (N-methyl/N-ethyl adjacent to an activating group) is 1. The Morgan fingerprint density at radius 1 is 0.960 bits per heavy atom. The fourth-order valence-electron chi connectivity index (χ4n) is 3.10. The van der Waals surface area contributed by atoms with E-state index in [0.717, 1.165) is 29.0 Å². The van der Waals surface area contributed by atoms with Gasteiger partial charge in [0, 0.05) is 20.1 Å². The summed E-state index contributed by atoms with van der Waals surface area (Å²) in [6.45, 7) is 3.42. The number of carbonyl (C=O) groups is 1. The lowest BCUT2D eigenvalue weighted by molar-refractivity contribution is -0.118. The van der Waals surface area contributed by atoms with Gasteiger partial charge >= 0.3 is 0 Å². The molecule has 0 bridgehead atoms. The number of nitrogens with zero attached hydrogens (tertiary/aromatic N) is 4. The van der Waals surface area contributed by atoms with Crippen molar-refractivity contribution in [3.8, 4) is 0 Å². The Balaban J connectivity index is 1.69. The predicted molar refractivity (Wildman–Crippen MR) is 100 cm³/mol. The highest BCUT2D eigenvalue weighted by Crippen LogP contribution is 2.30. The van der Waals surface area contributed by atoms with Gasteiger partial charge in [-0.15, -0.1) is 0 Å². The van der Waals surface area contributed by atoms with Crippen LogP contribution in [0.2, 0.25) is 0 Å². The first-order valence-electron chi connectivity index (χ1n) is 8.45. The Morgan fingerprint density at radius 2 is 1.60 bits per heavy atom. The molecule has 0 unspecified atom stereocenters. The van der Waals surface area contributed by atoms with E-state index in [0.29, 0.717) is 18.8 Å². The third-order valence-electron chi connectivity index (χ3n) is 4.59. The number of rotatable bonds is 2. The molecule has 2 heterocycles. The van der Waals surface area contributed by atoms with Crippen LogP contribution in [0.5, 0.6) is 0 Å². The molecule has 5 nitrogen and oxygen atoms in total. The zero-order valence-electron chi connectivity index (χ0n) is 14.4. The lowest BCUT2D eigenvalue weighted by Crippen LogP contribution is -2.44. The average molecular weight is 332 g/mol. The molecular formula is C20H20N4O. The number of fused-ring (bicyclic) bond motifs is 2. The van der Waals surface area contributed by atoms with Crippen molar-refractivity contribution in [3.05, 3.63) is 59.7 Å². The zero-order valence-corrected chi connectivity index (χ0v) is 14.4. The number of hydrogen-bond donors (Lipinski definition) is 0. The van der Waals surface area contributed by atoms with Crippen molar-refractivity contribution in [3.63, 3.8) is 0 Å². The van der Waals surface area contributed by atoms with Gasteiger partial charge in [-0.1, -0.05) is 42.0 Å². The van der Waals surface area contributed by atoms with Crippen LogP contribution in [0.4, 0.5) is 11.6 Å². The monoisotopic (exact) mass is 332 g/mol. The summed E-state index contributed by atoms with van der Waals surface area (Å²) in [7, 11) is 1.99. The summed E-state index contributed by atoms with van der Waals surface area (Å²) in [5.74, 6) is 1.48. The summed E-state index contributed by atoms with van der Waals surface area (Å²) >= 11 is 0. The molecule has 1 aromatic heterocycles. The van der Waals surface area contributed by atoms with E-state index >= 15 is 0 Å². The number of aryl methyl sites for hydroxylation is 1. The van der Waals surface area contributed by atoms with E-state index in [1.807, 2.05) is 62.5 Å². The van der Waals surface area contributed by atoms with E-state index in [4.69, 9.17) is 9.97 Å². The van der Waals surface area contributed by atoms with Crippen molar-refractivity contribution in [1.29, 1.82) is 0 Å². The van der Waals surface area contributed by atoms with Gasteiger partial charge in [-0.25, -0.2) is 9.97 Å². The van der Waals surface area contributed by atoms with E-state index in [1.54, 1.807) is 4.90 Å². The molecule has 0 fully saturated rings. The highest BCUT2D eigenvalue weighted by molar-refractivity contribution is 5.98. The molecule has 4 rings (SSSR count). The van der Waals surface area contributed by atoms with Gasteiger partial charge in [0.15, 0.2) is 11.6 Å². The lowest BCUT2D eigenvalue weighted by Gasteiger charge is -2.33. The molecule has 2 aromatic carbocycles. The third-order valence-corrected chi connectivity index (χ3v) is 4.59.